The second-order valence-corrected chi connectivity index (χ2v) is 9.21. The van der Waals surface area contributed by atoms with E-state index in [2.05, 4.69) is 73.7 Å². The first-order valence-corrected chi connectivity index (χ1v) is 12.2. The van der Waals surface area contributed by atoms with Gasteiger partial charge in [0.25, 0.3) is 0 Å². The Hall–Kier alpha value is -3.55. The molecule has 0 spiro atoms. The van der Waals surface area contributed by atoms with Gasteiger partial charge in [-0.15, -0.1) is 10.2 Å². The lowest BCUT2D eigenvalue weighted by Gasteiger charge is -2.41. The van der Waals surface area contributed by atoms with Gasteiger partial charge in [-0.05, 0) is 53.3 Å². The van der Waals surface area contributed by atoms with Crippen molar-refractivity contribution >= 4 is 5.78 Å². The number of nitrogens with zero attached hydrogens (tertiary/aromatic N) is 6. The van der Waals surface area contributed by atoms with Crippen molar-refractivity contribution in [3.05, 3.63) is 60.2 Å². The number of carbonyl (C=O) groups is 1. The number of aromatic amines is 1. The topological polar surface area (TPSA) is 90.9 Å². The largest absolute Gasteiger partial charge is 0.350 e. The Bertz CT molecular complexity index is 1170. The molecule has 2 aromatic heterocycles. The van der Waals surface area contributed by atoms with Crippen LogP contribution < -0.4 is 0 Å². The van der Waals surface area contributed by atoms with E-state index >= 15 is 0 Å². The lowest BCUT2D eigenvalue weighted by atomic mass is 9.76. The number of pyridine rings is 1. The zero-order valence-corrected chi connectivity index (χ0v) is 19.8. The van der Waals surface area contributed by atoms with Crippen molar-refractivity contribution in [2.45, 2.75) is 58.5 Å². The molecule has 3 aromatic rings. The van der Waals surface area contributed by atoms with Crippen molar-refractivity contribution in [1.82, 2.24) is 35.4 Å². The van der Waals surface area contributed by atoms with E-state index in [1.165, 1.54) is 5.70 Å². The van der Waals surface area contributed by atoms with Crippen LogP contribution in [0.2, 0.25) is 0 Å². The summed E-state index contributed by atoms with van der Waals surface area (Å²) in [5.74, 6) is 1.43. The van der Waals surface area contributed by atoms with Crippen LogP contribution in [0.15, 0.2) is 54.5 Å². The Morgan fingerprint density at radius 1 is 1.12 bits per heavy atom. The van der Waals surface area contributed by atoms with Gasteiger partial charge in [-0.3, -0.25) is 9.78 Å². The molecule has 1 aromatic carbocycles. The highest BCUT2D eigenvalue weighted by molar-refractivity contribution is 5.90. The van der Waals surface area contributed by atoms with Crippen molar-refractivity contribution in [3.63, 3.8) is 0 Å². The van der Waals surface area contributed by atoms with E-state index in [1.807, 2.05) is 24.4 Å². The van der Waals surface area contributed by atoms with Crippen molar-refractivity contribution < 1.29 is 4.79 Å². The first kappa shape index (κ1) is 22.3. The van der Waals surface area contributed by atoms with Crippen LogP contribution in [0.25, 0.3) is 22.5 Å². The van der Waals surface area contributed by atoms with E-state index in [0.717, 1.165) is 67.7 Å². The van der Waals surface area contributed by atoms with Crippen LogP contribution in [0, 0.1) is 5.92 Å². The van der Waals surface area contributed by atoms with Crippen LogP contribution >= 0.6 is 0 Å². The Morgan fingerprint density at radius 2 is 1.97 bits per heavy atom. The molecule has 34 heavy (non-hydrogen) atoms. The quantitative estimate of drug-likeness (QED) is 0.509. The Labute approximate surface area is 200 Å². The zero-order chi connectivity index (χ0) is 23.5. The first-order valence-electron chi connectivity index (χ1n) is 12.2. The molecule has 2 atom stereocenters. The molecule has 1 aliphatic carbocycles. The molecule has 0 amide bonds. The number of carbonyl (C=O) groups excluding carboxylic acids is 1. The second-order valence-electron chi connectivity index (χ2n) is 9.21. The van der Waals surface area contributed by atoms with Crippen LogP contribution in [0.5, 0.6) is 0 Å². The fourth-order valence-corrected chi connectivity index (χ4v) is 4.98. The molecule has 1 N–H and O–H groups in total. The molecule has 1 fully saturated rings. The van der Waals surface area contributed by atoms with Gasteiger partial charge >= 0.3 is 0 Å². The molecule has 2 unspecified atom stereocenters. The lowest BCUT2D eigenvalue weighted by molar-refractivity contribution is -0.135. The fraction of sp³-hybridized carbons (Fsp3) is 0.423. The van der Waals surface area contributed by atoms with Gasteiger partial charge in [0.1, 0.15) is 0 Å². The highest BCUT2D eigenvalue weighted by Crippen LogP contribution is 2.36. The highest BCUT2D eigenvalue weighted by atomic mass is 16.1. The van der Waals surface area contributed by atoms with Gasteiger partial charge in [0, 0.05) is 30.1 Å². The van der Waals surface area contributed by atoms with Gasteiger partial charge in [0.15, 0.2) is 5.78 Å². The molecule has 8 nitrogen and oxygen atoms in total. The molecule has 3 heterocycles. The Morgan fingerprint density at radius 3 is 2.74 bits per heavy atom. The molecular formula is C26H31N7O. The van der Waals surface area contributed by atoms with Crippen molar-refractivity contribution in [3.8, 4) is 22.5 Å². The summed E-state index contributed by atoms with van der Waals surface area (Å²) in [4.78, 5) is 21.7. The average molecular weight is 458 g/mol. The number of tetrazole rings is 1. The third-order valence-corrected chi connectivity index (χ3v) is 6.93. The summed E-state index contributed by atoms with van der Waals surface area (Å²) in [6.07, 6.45) is 9.20. The maximum absolute atomic E-state index is 12.4. The molecule has 8 heteroatoms. The number of hydrogen-bond acceptors (Lipinski definition) is 7. The molecule has 0 bridgehead atoms. The summed E-state index contributed by atoms with van der Waals surface area (Å²) in [6.45, 7) is 5.88. The average Bonchev–Trinajstić information content (AvgIpc) is 3.52. The summed E-state index contributed by atoms with van der Waals surface area (Å²) >= 11 is 0. The number of rotatable bonds is 9. The predicted molar refractivity (Wildman–Crippen MR) is 130 cm³/mol. The minimum atomic E-state index is 0.0406. The molecule has 1 aliphatic heterocycles. The number of nitrogens with one attached hydrogen (secondary N) is 1. The number of hydrogen-bond donors (Lipinski definition) is 1. The van der Waals surface area contributed by atoms with Crippen LogP contribution in [0.1, 0.15) is 51.6 Å². The van der Waals surface area contributed by atoms with Gasteiger partial charge in [0.2, 0.25) is 5.82 Å². The summed E-state index contributed by atoms with van der Waals surface area (Å²) in [7, 11) is 0. The van der Waals surface area contributed by atoms with Crippen LogP contribution in [-0.2, 0) is 11.3 Å². The first-order chi connectivity index (χ1) is 16.7. The van der Waals surface area contributed by atoms with Gasteiger partial charge in [-0.2, -0.15) is 5.21 Å². The summed E-state index contributed by atoms with van der Waals surface area (Å²) in [5, 5.41) is 14.3. The maximum Gasteiger partial charge on any atom is 0.204 e. The number of ketones is 1. The van der Waals surface area contributed by atoms with Crippen LogP contribution in [0.3, 0.4) is 0 Å². The normalized spacial score (nSPS) is 19.9. The van der Waals surface area contributed by atoms with Crippen LogP contribution in [-0.4, -0.2) is 53.9 Å². The number of H-pyrrole nitrogens is 1. The monoisotopic (exact) mass is 457 g/mol. The van der Waals surface area contributed by atoms with Crippen molar-refractivity contribution in [2.75, 3.05) is 6.67 Å². The molecule has 0 radical (unpaired) electrons. The summed E-state index contributed by atoms with van der Waals surface area (Å²) in [5.41, 5.74) is 5.42. The van der Waals surface area contributed by atoms with Gasteiger partial charge in [0.05, 0.1) is 24.9 Å². The number of aromatic nitrogens is 5. The van der Waals surface area contributed by atoms with Gasteiger partial charge in [-0.1, -0.05) is 44.9 Å². The minimum Gasteiger partial charge on any atom is -0.350 e. The van der Waals surface area contributed by atoms with Crippen molar-refractivity contribution in [1.29, 1.82) is 0 Å². The molecular weight excluding hydrogens is 426 g/mol. The number of unbranched alkanes of at least 4 members (excludes halogenated alkanes) is 1. The lowest BCUT2D eigenvalue weighted by Crippen LogP contribution is -2.52. The van der Waals surface area contributed by atoms with E-state index in [0.29, 0.717) is 17.5 Å². The highest BCUT2D eigenvalue weighted by Gasteiger charge is 2.43. The molecule has 5 rings (SSSR count). The van der Waals surface area contributed by atoms with E-state index < -0.39 is 0 Å². The van der Waals surface area contributed by atoms with Gasteiger partial charge < -0.3 is 9.80 Å². The van der Waals surface area contributed by atoms with E-state index in [4.69, 9.17) is 0 Å². The van der Waals surface area contributed by atoms with E-state index in [-0.39, 0.29) is 6.04 Å². The standard InChI is InChI=1S/C26H31N7O/c1-3-5-9-23-16-33(25-18(4-2)14-24(25)34)17-32(23)15-22-13-20(10-11-27-22)19-7-6-8-21(12-19)26-28-30-31-29-26/h6-8,10-13,16,18,25H,3-5,9,14-15,17H2,1-2H3,(H,28,29,30,31). The molecule has 176 valence electrons. The zero-order valence-electron chi connectivity index (χ0n) is 19.8. The fourth-order valence-electron chi connectivity index (χ4n) is 4.98. The Balaban J connectivity index is 1.35. The predicted octanol–water partition coefficient (Wildman–Crippen LogP) is 4.40. The second kappa shape index (κ2) is 9.75. The van der Waals surface area contributed by atoms with E-state index in [9.17, 15) is 4.79 Å². The SMILES string of the molecule is CCCCC1=CN(C2C(=O)CC2CC)CN1Cc1cc(-c2cccc(-c3nn[nH]n3)c2)ccn1. The molecule has 1 saturated carbocycles. The maximum atomic E-state index is 12.4. The third-order valence-electron chi connectivity index (χ3n) is 6.93. The third kappa shape index (κ3) is 4.44. The summed E-state index contributed by atoms with van der Waals surface area (Å²) in [6, 6.07) is 12.4. The smallest absolute Gasteiger partial charge is 0.204 e. The van der Waals surface area contributed by atoms with Crippen LogP contribution in [0.4, 0.5) is 0 Å². The number of Topliss-reactive ketones (excluding diaryl/α,β-unsaturated/α-hetero) is 1. The number of allylic oxidation sites excluding steroid dienone is 1. The molecule has 2 aliphatic rings. The number of benzene rings is 1. The van der Waals surface area contributed by atoms with Gasteiger partial charge in [-0.25, -0.2) is 0 Å². The molecule has 0 saturated heterocycles. The van der Waals surface area contributed by atoms with E-state index in [1.54, 1.807) is 0 Å². The summed E-state index contributed by atoms with van der Waals surface area (Å²) < 4.78 is 0. The minimum absolute atomic E-state index is 0.0406. The van der Waals surface area contributed by atoms with Crippen molar-refractivity contribution in [2.24, 2.45) is 5.92 Å². The Kier molecular flexibility index (Phi) is 6.38.